The van der Waals surface area contributed by atoms with E-state index in [1.807, 2.05) is 42.5 Å². The predicted molar refractivity (Wildman–Crippen MR) is 141 cm³/mol. The first-order valence-corrected chi connectivity index (χ1v) is 12.0. The first-order chi connectivity index (χ1) is 15.2. The fourth-order valence-corrected chi connectivity index (χ4v) is 5.00. The SMILES string of the molecule is Cl.Cl.O=c1c2ccccc2n(CSc2ccncc2)c(=O)n1CCCCSc1ccncc1. The van der Waals surface area contributed by atoms with Crippen LogP contribution in [-0.2, 0) is 12.4 Å². The fourth-order valence-electron chi connectivity index (χ4n) is 3.26. The third-order valence-electron chi connectivity index (χ3n) is 4.84. The highest BCUT2D eigenvalue weighted by atomic mass is 35.5. The van der Waals surface area contributed by atoms with Gasteiger partial charge in [-0.1, -0.05) is 12.1 Å². The number of para-hydroxylation sites is 1. The van der Waals surface area contributed by atoms with Gasteiger partial charge in [-0.3, -0.25) is 23.9 Å². The molecule has 0 atom stereocenters. The van der Waals surface area contributed by atoms with Crippen LogP contribution in [-0.4, -0.2) is 24.9 Å². The number of unbranched alkanes of at least 4 members (excludes halogenated alkanes) is 1. The van der Waals surface area contributed by atoms with Gasteiger partial charge in [-0.2, -0.15) is 0 Å². The van der Waals surface area contributed by atoms with Crippen molar-refractivity contribution in [2.75, 3.05) is 5.75 Å². The number of rotatable bonds is 9. The highest BCUT2D eigenvalue weighted by Gasteiger charge is 2.13. The van der Waals surface area contributed by atoms with Gasteiger partial charge >= 0.3 is 5.69 Å². The van der Waals surface area contributed by atoms with Crippen molar-refractivity contribution < 1.29 is 0 Å². The first-order valence-electron chi connectivity index (χ1n) is 10.0. The van der Waals surface area contributed by atoms with E-state index in [2.05, 4.69) is 9.97 Å². The molecule has 4 rings (SSSR count). The van der Waals surface area contributed by atoms with Crippen LogP contribution in [0.5, 0.6) is 0 Å². The number of aromatic nitrogens is 4. The number of hydrogen-bond donors (Lipinski definition) is 0. The Hall–Kier alpha value is -2.26. The van der Waals surface area contributed by atoms with E-state index in [1.165, 1.54) is 9.46 Å². The molecule has 0 fully saturated rings. The maximum Gasteiger partial charge on any atom is 0.332 e. The van der Waals surface area contributed by atoms with Crippen LogP contribution in [0.15, 0.2) is 92.7 Å². The molecule has 3 heterocycles. The van der Waals surface area contributed by atoms with Gasteiger partial charge in [0.25, 0.3) is 5.56 Å². The minimum Gasteiger partial charge on any atom is -0.283 e. The van der Waals surface area contributed by atoms with Crippen LogP contribution >= 0.6 is 48.3 Å². The molecule has 0 aliphatic heterocycles. The molecule has 0 unspecified atom stereocenters. The van der Waals surface area contributed by atoms with Crippen LogP contribution in [0.2, 0.25) is 0 Å². The largest absolute Gasteiger partial charge is 0.332 e. The van der Waals surface area contributed by atoms with Crippen LogP contribution in [0.25, 0.3) is 10.9 Å². The van der Waals surface area contributed by atoms with Gasteiger partial charge in [0.15, 0.2) is 0 Å². The lowest BCUT2D eigenvalue weighted by Gasteiger charge is -2.14. The van der Waals surface area contributed by atoms with Crippen LogP contribution < -0.4 is 11.2 Å². The zero-order valence-corrected chi connectivity index (χ0v) is 21.0. The number of pyridine rings is 2. The van der Waals surface area contributed by atoms with Gasteiger partial charge in [-0.05, 0) is 55.0 Å². The summed E-state index contributed by atoms with van der Waals surface area (Å²) in [7, 11) is 0. The van der Waals surface area contributed by atoms with E-state index in [4.69, 9.17) is 0 Å². The molecule has 0 N–H and O–H groups in total. The number of nitrogens with zero attached hydrogens (tertiary/aromatic N) is 4. The number of hydrogen-bond acceptors (Lipinski definition) is 6. The summed E-state index contributed by atoms with van der Waals surface area (Å²) in [5.74, 6) is 1.36. The number of fused-ring (bicyclic) bond motifs is 1. The van der Waals surface area contributed by atoms with Crippen LogP contribution in [0.3, 0.4) is 0 Å². The van der Waals surface area contributed by atoms with Gasteiger partial charge in [-0.15, -0.1) is 48.3 Å². The summed E-state index contributed by atoms with van der Waals surface area (Å²) in [6.45, 7) is 0.416. The molecule has 0 spiro atoms. The maximum atomic E-state index is 13.2. The average molecular weight is 524 g/mol. The third kappa shape index (κ3) is 6.86. The van der Waals surface area contributed by atoms with Gasteiger partial charge < -0.3 is 0 Å². The summed E-state index contributed by atoms with van der Waals surface area (Å²) in [4.78, 5) is 36.4. The molecule has 0 bridgehead atoms. The van der Waals surface area contributed by atoms with Gasteiger partial charge in [0.05, 0.1) is 16.8 Å². The van der Waals surface area contributed by atoms with Crippen LogP contribution in [0, 0.1) is 0 Å². The van der Waals surface area contributed by atoms with Crippen LogP contribution in [0.1, 0.15) is 12.8 Å². The van der Waals surface area contributed by atoms with Crippen molar-refractivity contribution in [3.05, 3.63) is 94.2 Å². The molecule has 6 nitrogen and oxygen atoms in total. The topological polar surface area (TPSA) is 69.8 Å². The number of halogens is 2. The molecule has 0 aliphatic rings. The van der Waals surface area contributed by atoms with Crippen molar-refractivity contribution in [2.45, 2.75) is 35.1 Å². The summed E-state index contributed by atoms with van der Waals surface area (Å²) < 4.78 is 3.07. The molecule has 174 valence electrons. The minimum absolute atomic E-state index is 0. The van der Waals surface area contributed by atoms with Crippen molar-refractivity contribution in [1.82, 2.24) is 19.1 Å². The van der Waals surface area contributed by atoms with Gasteiger partial charge in [0, 0.05) is 41.1 Å². The zero-order chi connectivity index (χ0) is 21.5. The second-order valence-corrected chi connectivity index (χ2v) is 9.07. The summed E-state index contributed by atoms with van der Waals surface area (Å²) in [6.07, 6.45) is 8.70. The Bertz CT molecular complexity index is 1270. The van der Waals surface area contributed by atoms with Crippen molar-refractivity contribution in [3.8, 4) is 0 Å². The van der Waals surface area contributed by atoms with Crippen LogP contribution in [0.4, 0.5) is 0 Å². The van der Waals surface area contributed by atoms with Crippen molar-refractivity contribution >= 4 is 59.2 Å². The second kappa shape index (κ2) is 13.4. The molecule has 0 saturated carbocycles. The Labute approximate surface area is 212 Å². The molecule has 33 heavy (non-hydrogen) atoms. The van der Waals surface area contributed by atoms with Crippen molar-refractivity contribution in [3.63, 3.8) is 0 Å². The van der Waals surface area contributed by atoms with Crippen molar-refractivity contribution in [1.29, 1.82) is 0 Å². The lowest BCUT2D eigenvalue weighted by atomic mass is 10.2. The van der Waals surface area contributed by atoms with Crippen molar-refractivity contribution in [2.24, 2.45) is 0 Å². The quantitative estimate of drug-likeness (QED) is 0.224. The molecular formula is C23H24Cl2N4O2S2. The summed E-state index contributed by atoms with van der Waals surface area (Å²) in [6, 6.07) is 15.1. The first kappa shape index (κ1) is 27.0. The standard InChI is InChI=1S/C23H22N4O2S2.2ClH/c28-22-20-5-1-2-6-21(20)27(17-31-19-9-13-25-14-10-19)23(29)26(22)15-3-4-16-30-18-7-11-24-12-8-18;;/h1-2,5-14H,3-4,15-17H2;2*1H. The fraction of sp³-hybridized carbons (Fsp3) is 0.217. The summed E-state index contributed by atoms with van der Waals surface area (Å²) >= 11 is 3.30. The molecule has 0 aliphatic carbocycles. The summed E-state index contributed by atoms with van der Waals surface area (Å²) in [5, 5.41) is 0.573. The zero-order valence-electron chi connectivity index (χ0n) is 17.7. The Morgan fingerprint density at radius 3 is 2.00 bits per heavy atom. The average Bonchev–Trinajstić information content (AvgIpc) is 2.82. The highest BCUT2D eigenvalue weighted by molar-refractivity contribution is 7.99. The van der Waals surface area contributed by atoms with E-state index in [0.29, 0.717) is 23.3 Å². The second-order valence-electron chi connectivity index (χ2n) is 6.88. The maximum absolute atomic E-state index is 13.2. The monoisotopic (exact) mass is 522 g/mol. The Morgan fingerprint density at radius 1 is 0.727 bits per heavy atom. The number of benzene rings is 1. The molecule has 0 amide bonds. The minimum atomic E-state index is -0.257. The van der Waals surface area contributed by atoms with E-state index < -0.39 is 0 Å². The summed E-state index contributed by atoms with van der Waals surface area (Å²) in [5.41, 5.74) is 0.197. The highest BCUT2D eigenvalue weighted by Crippen LogP contribution is 2.20. The van der Waals surface area contributed by atoms with Gasteiger partial charge in [0.2, 0.25) is 0 Å². The molecule has 0 radical (unpaired) electrons. The lowest BCUT2D eigenvalue weighted by molar-refractivity contribution is 0.568. The van der Waals surface area contributed by atoms with Gasteiger partial charge in [0.1, 0.15) is 0 Å². The molecule has 10 heteroatoms. The predicted octanol–water partition coefficient (Wildman–Crippen LogP) is 5.12. The van der Waals surface area contributed by atoms with E-state index in [9.17, 15) is 9.59 Å². The molecular weight excluding hydrogens is 499 g/mol. The normalized spacial score (nSPS) is 10.4. The number of thioether (sulfide) groups is 2. The Balaban J connectivity index is 0.00000193. The Kier molecular flexibility index (Phi) is 11.0. The molecule has 1 aromatic carbocycles. The molecule has 0 saturated heterocycles. The lowest BCUT2D eigenvalue weighted by Crippen LogP contribution is -2.39. The molecule has 4 aromatic rings. The van der Waals surface area contributed by atoms with E-state index in [1.54, 1.807) is 58.9 Å². The Morgan fingerprint density at radius 2 is 1.33 bits per heavy atom. The van der Waals surface area contributed by atoms with E-state index in [0.717, 1.165) is 23.5 Å². The molecule has 3 aromatic heterocycles. The smallest absolute Gasteiger partial charge is 0.283 e. The third-order valence-corrected chi connectivity index (χ3v) is 6.93. The van der Waals surface area contributed by atoms with E-state index in [-0.39, 0.29) is 36.1 Å². The van der Waals surface area contributed by atoms with E-state index >= 15 is 0 Å². The van der Waals surface area contributed by atoms with Gasteiger partial charge in [-0.25, -0.2) is 4.79 Å².